The average molecular weight is 267 g/mol. The maximum atomic E-state index is 11.9. The molecule has 2 aliphatic rings. The van der Waals surface area contributed by atoms with Crippen molar-refractivity contribution in [3.63, 3.8) is 0 Å². The first-order valence-electron chi connectivity index (χ1n) is 7.99. The van der Waals surface area contributed by atoms with Gasteiger partial charge in [0.2, 0.25) is 5.91 Å². The Morgan fingerprint density at radius 2 is 1.84 bits per heavy atom. The first-order chi connectivity index (χ1) is 9.28. The van der Waals surface area contributed by atoms with Crippen molar-refractivity contribution in [1.29, 1.82) is 0 Å². The number of nitrogens with zero attached hydrogens (tertiary/aromatic N) is 1. The third-order valence-electron chi connectivity index (χ3n) is 4.65. The van der Waals surface area contributed by atoms with Gasteiger partial charge in [0, 0.05) is 38.6 Å². The lowest BCUT2D eigenvalue weighted by Gasteiger charge is -2.32. The summed E-state index contributed by atoms with van der Waals surface area (Å²) in [4.78, 5) is 14.3. The van der Waals surface area contributed by atoms with E-state index in [1.165, 1.54) is 25.7 Å². The molecule has 0 atom stereocenters. The Morgan fingerprint density at radius 1 is 1.16 bits per heavy atom. The van der Waals surface area contributed by atoms with Gasteiger partial charge < -0.3 is 16.0 Å². The fraction of sp³-hybridized carbons (Fsp3) is 0.933. The number of hydrogen-bond donors (Lipinski definition) is 2. The molecule has 1 aliphatic carbocycles. The molecule has 4 heteroatoms. The van der Waals surface area contributed by atoms with E-state index in [-0.39, 0.29) is 5.91 Å². The van der Waals surface area contributed by atoms with E-state index in [1.54, 1.807) is 0 Å². The van der Waals surface area contributed by atoms with Gasteiger partial charge in [0.1, 0.15) is 0 Å². The quantitative estimate of drug-likeness (QED) is 0.766. The van der Waals surface area contributed by atoms with Crippen molar-refractivity contribution in [1.82, 2.24) is 10.2 Å². The van der Waals surface area contributed by atoms with Crippen LogP contribution in [0.15, 0.2) is 0 Å². The molecular weight excluding hydrogens is 238 g/mol. The van der Waals surface area contributed by atoms with E-state index in [9.17, 15) is 4.79 Å². The van der Waals surface area contributed by atoms with Crippen molar-refractivity contribution in [3.05, 3.63) is 0 Å². The summed E-state index contributed by atoms with van der Waals surface area (Å²) < 4.78 is 0. The minimum absolute atomic E-state index is 0.268. The summed E-state index contributed by atoms with van der Waals surface area (Å²) in [5.74, 6) is 1.08. The summed E-state index contributed by atoms with van der Waals surface area (Å²) in [5.41, 5.74) is 5.56. The summed E-state index contributed by atoms with van der Waals surface area (Å²) in [6.07, 6.45) is 9.39. The number of nitrogens with two attached hydrogens (primary N) is 1. The van der Waals surface area contributed by atoms with E-state index in [1.807, 2.05) is 0 Å². The van der Waals surface area contributed by atoms with E-state index >= 15 is 0 Å². The highest BCUT2D eigenvalue weighted by atomic mass is 16.1. The molecule has 0 unspecified atom stereocenters. The monoisotopic (exact) mass is 267 g/mol. The van der Waals surface area contributed by atoms with Crippen molar-refractivity contribution < 1.29 is 4.79 Å². The van der Waals surface area contributed by atoms with Crippen LogP contribution in [0.5, 0.6) is 0 Å². The van der Waals surface area contributed by atoms with Crippen LogP contribution in [0.1, 0.15) is 51.4 Å². The number of piperidine rings is 1. The Morgan fingerprint density at radius 3 is 2.47 bits per heavy atom. The molecular formula is C15H29N3O. The van der Waals surface area contributed by atoms with E-state index in [0.717, 1.165) is 57.8 Å². The topological polar surface area (TPSA) is 58.4 Å². The van der Waals surface area contributed by atoms with Crippen molar-refractivity contribution in [2.75, 3.05) is 26.2 Å². The van der Waals surface area contributed by atoms with Gasteiger partial charge in [-0.25, -0.2) is 0 Å². The summed E-state index contributed by atoms with van der Waals surface area (Å²) in [6, 6.07) is 0.394. The lowest BCUT2D eigenvalue weighted by molar-refractivity contribution is -0.122. The highest BCUT2D eigenvalue weighted by Gasteiger charge is 2.21. The third-order valence-corrected chi connectivity index (χ3v) is 4.65. The van der Waals surface area contributed by atoms with Crippen molar-refractivity contribution in [2.24, 2.45) is 11.7 Å². The molecule has 0 aromatic heterocycles. The van der Waals surface area contributed by atoms with Gasteiger partial charge >= 0.3 is 0 Å². The zero-order chi connectivity index (χ0) is 13.5. The first-order valence-corrected chi connectivity index (χ1v) is 7.99. The standard InChI is InChI=1S/C15H29N3O/c16-9-12-18-10-7-14(8-11-18)17-15(19)6-5-13-3-1-2-4-13/h13-14H,1-12,16H2,(H,17,19). The number of carbonyl (C=O) groups is 1. The molecule has 0 bridgehead atoms. The van der Waals surface area contributed by atoms with Gasteiger partial charge in [0.05, 0.1) is 0 Å². The van der Waals surface area contributed by atoms with Crippen molar-refractivity contribution in [3.8, 4) is 0 Å². The van der Waals surface area contributed by atoms with Crippen LogP contribution in [-0.4, -0.2) is 43.0 Å². The predicted octanol–water partition coefficient (Wildman–Crippen LogP) is 1.50. The van der Waals surface area contributed by atoms with Crippen LogP contribution in [0.2, 0.25) is 0 Å². The smallest absolute Gasteiger partial charge is 0.220 e. The molecule has 1 saturated carbocycles. The molecule has 1 amide bonds. The predicted molar refractivity (Wildman–Crippen MR) is 77.9 cm³/mol. The Bertz CT molecular complexity index is 269. The summed E-state index contributed by atoms with van der Waals surface area (Å²) in [6.45, 7) is 3.87. The summed E-state index contributed by atoms with van der Waals surface area (Å²) in [5, 5.41) is 3.21. The van der Waals surface area contributed by atoms with Crippen LogP contribution in [-0.2, 0) is 4.79 Å². The number of rotatable bonds is 6. The fourth-order valence-corrected chi connectivity index (χ4v) is 3.42. The molecule has 4 nitrogen and oxygen atoms in total. The largest absolute Gasteiger partial charge is 0.353 e. The molecule has 0 aromatic carbocycles. The van der Waals surface area contributed by atoms with Gasteiger partial charge in [-0.15, -0.1) is 0 Å². The fourth-order valence-electron chi connectivity index (χ4n) is 3.42. The number of likely N-dealkylation sites (tertiary alicyclic amines) is 1. The first kappa shape index (κ1) is 14.8. The van der Waals surface area contributed by atoms with Gasteiger partial charge in [0.15, 0.2) is 0 Å². The second-order valence-corrected chi connectivity index (χ2v) is 6.16. The number of nitrogens with one attached hydrogen (secondary N) is 1. The molecule has 0 radical (unpaired) electrons. The lowest BCUT2D eigenvalue weighted by Crippen LogP contribution is -2.45. The Labute approximate surface area is 117 Å². The van der Waals surface area contributed by atoms with Gasteiger partial charge in [0.25, 0.3) is 0 Å². The van der Waals surface area contributed by atoms with Crippen LogP contribution < -0.4 is 11.1 Å². The van der Waals surface area contributed by atoms with Gasteiger partial charge in [-0.05, 0) is 25.2 Å². The lowest BCUT2D eigenvalue weighted by atomic mass is 10.0. The minimum Gasteiger partial charge on any atom is -0.353 e. The van der Waals surface area contributed by atoms with Crippen LogP contribution in [0.25, 0.3) is 0 Å². The van der Waals surface area contributed by atoms with Gasteiger partial charge in [-0.3, -0.25) is 4.79 Å². The van der Waals surface area contributed by atoms with Crippen LogP contribution in [0, 0.1) is 5.92 Å². The highest BCUT2D eigenvalue weighted by molar-refractivity contribution is 5.76. The van der Waals surface area contributed by atoms with Crippen molar-refractivity contribution >= 4 is 5.91 Å². The molecule has 1 aliphatic heterocycles. The molecule has 2 rings (SSSR count). The molecule has 0 spiro atoms. The summed E-state index contributed by atoms with van der Waals surface area (Å²) in [7, 11) is 0. The Hall–Kier alpha value is -0.610. The van der Waals surface area contributed by atoms with Gasteiger partial charge in [-0.1, -0.05) is 25.7 Å². The van der Waals surface area contributed by atoms with Gasteiger partial charge in [-0.2, -0.15) is 0 Å². The van der Waals surface area contributed by atoms with Crippen LogP contribution in [0.3, 0.4) is 0 Å². The zero-order valence-corrected chi connectivity index (χ0v) is 12.1. The SMILES string of the molecule is NCCN1CCC(NC(=O)CCC2CCCC2)CC1. The molecule has 3 N–H and O–H groups in total. The maximum absolute atomic E-state index is 11.9. The van der Waals surface area contributed by atoms with Crippen molar-refractivity contribution in [2.45, 2.75) is 57.4 Å². The Kier molecular flexibility index (Phi) is 6.11. The van der Waals surface area contributed by atoms with E-state index < -0.39 is 0 Å². The highest BCUT2D eigenvalue weighted by Crippen LogP contribution is 2.28. The molecule has 1 heterocycles. The third kappa shape index (κ3) is 5.11. The van der Waals surface area contributed by atoms with Crippen LogP contribution >= 0.6 is 0 Å². The normalized spacial score (nSPS) is 22.8. The molecule has 110 valence electrons. The summed E-state index contributed by atoms with van der Waals surface area (Å²) >= 11 is 0. The van der Waals surface area contributed by atoms with E-state index in [4.69, 9.17) is 5.73 Å². The molecule has 1 saturated heterocycles. The second-order valence-electron chi connectivity index (χ2n) is 6.16. The second kappa shape index (κ2) is 7.85. The number of carbonyl (C=O) groups excluding carboxylic acids is 1. The Balaban J connectivity index is 1.58. The molecule has 2 fully saturated rings. The zero-order valence-electron chi connectivity index (χ0n) is 12.1. The van der Waals surface area contributed by atoms with E-state index in [2.05, 4.69) is 10.2 Å². The minimum atomic E-state index is 0.268. The van der Waals surface area contributed by atoms with E-state index in [0.29, 0.717) is 6.04 Å². The maximum Gasteiger partial charge on any atom is 0.220 e. The van der Waals surface area contributed by atoms with Crippen LogP contribution in [0.4, 0.5) is 0 Å². The average Bonchev–Trinajstić information content (AvgIpc) is 2.92. The number of hydrogen-bond acceptors (Lipinski definition) is 3. The number of amides is 1. The molecule has 19 heavy (non-hydrogen) atoms. The molecule has 0 aromatic rings.